The van der Waals surface area contributed by atoms with Crippen LogP contribution in [-0.4, -0.2) is 41.0 Å². The molecule has 2 aromatic rings. The molecular formula is C27H29ClF6N2O3. The summed E-state index contributed by atoms with van der Waals surface area (Å²) in [6, 6.07) is 7.42. The second-order valence-electron chi connectivity index (χ2n) is 10.5. The van der Waals surface area contributed by atoms with Crippen LogP contribution in [0.25, 0.3) is 0 Å². The predicted molar refractivity (Wildman–Crippen MR) is 133 cm³/mol. The van der Waals surface area contributed by atoms with Crippen molar-refractivity contribution in [3.05, 3.63) is 69.7 Å². The first-order valence-corrected chi connectivity index (χ1v) is 12.5. The van der Waals surface area contributed by atoms with Crippen LogP contribution in [0.2, 0.25) is 5.02 Å². The van der Waals surface area contributed by atoms with Gasteiger partial charge in [0.15, 0.2) is 5.54 Å². The molecule has 1 aliphatic heterocycles. The molecule has 1 fully saturated rings. The number of hydrogen-bond donors (Lipinski definition) is 0. The first kappa shape index (κ1) is 30.6. The van der Waals surface area contributed by atoms with Crippen molar-refractivity contribution in [1.29, 1.82) is 0 Å². The Labute approximate surface area is 227 Å². The number of piperidine rings is 1. The molecule has 0 aliphatic carbocycles. The van der Waals surface area contributed by atoms with Crippen molar-refractivity contribution >= 4 is 23.6 Å². The molecule has 1 saturated heterocycles. The summed E-state index contributed by atoms with van der Waals surface area (Å²) in [6.45, 7) is 4.58. The number of rotatable bonds is 4. The summed E-state index contributed by atoms with van der Waals surface area (Å²) >= 11 is 6.05. The van der Waals surface area contributed by atoms with Crippen LogP contribution in [-0.2, 0) is 34.0 Å². The minimum atomic E-state index is -5.03. The largest absolute Gasteiger partial charge is 0.444 e. The monoisotopic (exact) mass is 578 g/mol. The van der Waals surface area contributed by atoms with E-state index in [4.69, 9.17) is 16.3 Å². The Morgan fingerprint density at radius 2 is 1.49 bits per heavy atom. The summed E-state index contributed by atoms with van der Waals surface area (Å²) in [5.74, 6) is -0.679. The fourth-order valence-corrected chi connectivity index (χ4v) is 4.81. The van der Waals surface area contributed by atoms with E-state index >= 15 is 0 Å². The molecule has 0 aromatic heterocycles. The molecule has 2 aromatic carbocycles. The normalized spacial score (nSPS) is 18.6. The van der Waals surface area contributed by atoms with Crippen molar-refractivity contribution in [3.63, 3.8) is 0 Å². The Morgan fingerprint density at radius 3 is 1.97 bits per heavy atom. The van der Waals surface area contributed by atoms with Gasteiger partial charge >= 0.3 is 18.4 Å². The zero-order valence-electron chi connectivity index (χ0n) is 21.8. The SMILES string of the molecule is CN(Cc1cc(C(F)(F)F)cc(C(F)(F)F)c1)C(=O)C1(c2ccc(Cl)cc2)CCCCN1C(=O)OC(C)(C)C. The lowest BCUT2D eigenvalue weighted by Crippen LogP contribution is -2.61. The molecule has 0 bridgehead atoms. The molecule has 5 nitrogen and oxygen atoms in total. The predicted octanol–water partition coefficient (Wildman–Crippen LogP) is 7.65. The minimum absolute atomic E-state index is 0.0336. The van der Waals surface area contributed by atoms with Gasteiger partial charge < -0.3 is 9.64 Å². The van der Waals surface area contributed by atoms with Gasteiger partial charge in [-0.3, -0.25) is 9.69 Å². The number of ether oxygens (including phenoxy) is 1. The molecular weight excluding hydrogens is 550 g/mol. The van der Waals surface area contributed by atoms with Crippen LogP contribution in [0.15, 0.2) is 42.5 Å². The Kier molecular flexibility index (Phi) is 8.55. The van der Waals surface area contributed by atoms with Gasteiger partial charge in [-0.1, -0.05) is 23.7 Å². The molecule has 0 saturated carbocycles. The average Bonchev–Trinajstić information content (AvgIpc) is 2.81. The van der Waals surface area contributed by atoms with E-state index in [1.54, 1.807) is 32.9 Å². The number of amides is 2. The van der Waals surface area contributed by atoms with Gasteiger partial charge in [0, 0.05) is 25.2 Å². The highest BCUT2D eigenvalue weighted by Crippen LogP contribution is 2.42. The third-order valence-electron chi connectivity index (χ3n) is 6.33. The number of benzene rings is 2. The van der Waals surface area contributed by atoms with Crippen LogP contribution < -0.4 is 0 Å². The summed E-state index contributed by atoms with van der Waals surface area (Å²) in [4.78, 5) is 29.8. The van der Waals surface area contributed by atoms with Gasteiger partial charge in [0.05, 0.1) is 11.1 Å². The molecule has 39 heavy (non-hydrogen) atoms. The molecule has 1 unspecified atom stereocenters. The average molecular weight is 579 g/mol. The first-order valence-electron chi connectivity index (χ1n) is 12.2. The summed E-state index contributed by atoms with van der Waals surface area (Å²) in [5.41, 5.74) is -5.43. The van der Waals surface area contributed by atoms with Crippen LogP contribution in [0.3, 0.4) is 0 Å². The lowest BCUT2D eigenvalue weighted by atomic mass is 9.79. The summed E-state index contributed by atoms with van der Waals surface area (Å²) in [5, 5.41) is 0.373. The highest BCUT2D eigenvalue weighted by Gasteiger charge is 2.51. The smallest absolute Gasteiger partial charge is 0.416 e. The zero-order chi connectivity index (χ0) is 29.4. The molecule has 1 atom stereocenters. The van der Waals surface area contributed by atoms with E-state index in [-0.39, 0.29) is 24.6 Å². The lowest BCUT2D eigenvalue weighted by Gasteiger charge is -2.47. The van der Waals surface area contributed by atoms with Crippen molar-refractivity contribution in [2.24, 2.45) is 0 Å². The number of likely N-dealkylation sites (tertiary alicyclic amines) is 1. The molecule has 2 amide bonds. The van der Waals surface area contributed by atoms with Crippen molar-refractivity contribution < 1.29 is 40.7 Å². The molecule has 0 N–H and O–H groups in total. The van der Waals surface area contributed by atoms with Crippen LogP contribution in [0, 0.1) is 0 Å². The van der Waals surface area contributed by atoms with Crippen molar-refractivity contribution in [2.45, 2.75) is 70.1 Å². The van der Waals surface area contributed by atoms with Gasteiger partial charge in [0.2, 0.25) is 0 Å². The van der Waals surface area contributed by atoms with E-state index in [1.165, 1.54) is 24.1 Å². The summed E-state index contributed by atoms with van der Waals surface area (Å²) in [7, 11) is 1.27. The standard InChI is InChI=1S/C27H29ClF6N2O3/c1-24(2,3)39-23(38)36-12-6-5-11-25(36,18-7-9-21(28)10-8-18)22(37)35(4)16-17-13-19(26(29,30)31)15-20(14-17)27(32,33)34/h7-10,13-15H,5-6,11-12,16H2,1-4H3. The maximum Gasteiger partial charge on any atom is 0.416 e. The number of alkyl halides is 6. The van der Waals surface area contributed by atoms with Gasteiger partial charge in [-0.15, -0.1) is 0 Å². The van der Waals surface area contributed by atoms with Crippen LogP contribution in [0.4, 0.5) is 31.1 Å². The maximum absolute atomic E-state index is 14.2. The molecule has 214 valence electrons. The van der Waals surface area contributed by atoms with Gasteiger partial charge in [-0.05, 0) is 81.5 Å². The van der Waals surface area contributed by atoms with E-state index in [1.807, 2.05) is 0 Å². The van der Waals surface area contributed by atoms with E-state index < -0.39 is 53.2 Å². The van der Waals surface area contributed by atoms with Crippen LogP contribution >= 0.6 is 11.6 Å². The Hall–Kier alpha value is -2.95. The van der Waals surface area contributed by atoms with Crippen molar-refractivity contribution in [2.75, 3.05) is 13.6 Å². The Balaban J connectivity index is 2.09. The van der Waals surface area contributed by atoms with E-state index in [2.05, 4.69) is 0 Å². The Morgan fingerprint density at radius 1 is 0.949 bits per heavy atom. The number of carbonyl (C=O) groups is 2. The second kappa shape index (κ2) is 10.9. The summed E-state index contributed by atoms with van der Waals surface area (Å²) in [6.07, 6.45) is -9.57. The third-order valence-corrected chi connectivity index (χ3v) is 6.59. The van der Waals surface area contributed by atoms with E-state index in [0.29, 0.717) is 35.6 Å². The lowest BCUT2D eigenvalue weighted by molar-refractivity contribution is -0.147. The number of carbonyl (C=O) groups excluding carboxylic acids is 2. The van der Waals surface area contributed by atoms with E-state index in [9.17, 15) is 35.9 Å². The highest BCUT2D eigenvalue weighted by atomic mass is 35.5. The number of halogens is 7. The van der Waals surface area contributed by atoms with Crippen molar-refractivity contribution in [3.8, 4) is 0 Å². The number of likely N-dealkylation sites (N-methyl/N-ethyl adjacent to an activating group) is 1. The summed E-state index contributed by atoms with van der Waals surface area (Å²) < 4.78 is 86.0. The Bertz CT molecular complexity index is 1180. The number of hydrogen-bond acceptors (Lipinski definition) is 3. The third kappa shape index (κ3) is 6.98. The molecule has 3 rings (SSSR count). The molecule has 1 heterocycles. The molecule has 0 spiro atoms. The van der Waals surface area contributed by atoms with Gasteiger partial charge in [-0.25, -0.2) is 4.79 Å². The van der Waals surface area contributed by atoms with Crippen LogP contribution in [0.1, 0.15) is 62.3 Å². The number of nitrogens with zero attached hydrogens (tertiary/aromatic N) is 2. The van der Waals surface area contributed by atoms with Gasteiger partial charge in [0.1, 0.15) is 5.60 Å². The van der Waals surface area contributed by atoms with Crippen molar-refractivity contribution in [1.82, 2.24) is 9.80 Å². The van der Waals surface area contributed by atoms with Gasteiger partial charge in [0.25, 0.3) is 5.91 Å². The topological polar surface area (TPSA) is 49.9 Å². The first-order chi connectivity index (χ1) is 17.8. The second-order valence-corrected chi connectivity index (χ2v) is 11.0. The molecule has 1 aliphatic rings. The zero-order valence-corrected chi connectivity index (χ0v) is 22.6. The fourth-order valence-electron chi connectivity index (χ4n) is 4.68. The quantitative estimate of drug-likeness (QED) is 0.350. The fraction of sp³-hybridized carbons (Fsp3) is 0.481. The molecule has 0 radical (unpaired) electrons. The van der Waals surface area contributed by atoms with Crippen LogP contribution in [0.5, 0.6) is 0 Å². The molecule has 12 heteroatoms. The highest BCUT2D eigenvalue weighted by molar-refractivity contribution is 6.30. The maximum atomic E-state index is 14.2. The van der Waals surface area contributed by atoms with E-state index in [0.717, 1.165) is 4.90 Å². The van der Waals surface area contributed by atoms with Gasteiger partial charge in [-0.2, -0.15) is 26.3 Å². The minimum Gasteiger partial charge on any atom is -0.444 e.